The second-order valence-corrected chi connectivity index (χ2v) is 6.80. The normalized spacial score (nSPS) is 18.9. The molecule has 1 fully saturated rings. The molecule has 2 N–H and O–H groups in total. The van der Waals surface area contributed by atoms with Crippen molar-refractivity contribution in [3.63, 3.8) is 0 Å². The third-order valence-corrected chi connectivity index (χ3v) is 5.52. The van der Waals surface area contributed by atoms with E-state index in [1.54, 1.807) is 0 Å². The van der Waals surface area contributed by atoms with E-state index in [9.17, 15) is 0 Å². The average Bonchev–Trinajstić information content (AvgIpc) is 3.14. The molecule has 21 heavy (non-hydrogen) atoms. The molecule has 1 aliphatic rings. The molecule has 0 saturated carbocycles. The molecule has 1 unspecified atom stereocenters. The number of fused-ring (bicyclic) bond motifs is 1. The molecule has 3 rings (SSSR count). The molecular formula is C17H24N2OS. The molecule has 4 heteroatoms. The second kappa shape index (κ2) is 6.88. The lowest BCUT2D eigenvalue weighted by Crippen LogP contribution is -2.31. The van der Waals surface area contributed by atoms with Crippen molar-refractivity contribution >= 4 is 21.4 Å². The Morgan fingerprint density at radius 2 is 2.24 bits per heavy atom. The smallest absolute Gasteiger partial charge is 0.0702 e. The predicted molar refractivity (Wildman–Crippen MR) is 89.6 cm³/mol. The van der Waals surface area contributed by atoms with Gasteiger partial charge in [0.25, 0.3) is 0 Å². The van der Waals surface area contributed by atoms with Crippen LogP contribution in [-0.2, 0) is 17.8 Å². The molecule has 114 valence electrons. The van der Waals surface area contributed by atoms with Gasteiger partial charge in [0.2, 0.25) is 0 Å². The van der Waals surface area contributed by atoms with Crippen molar-refractivity contribution < 1.29 is 4.74 Å². The first-order chi connectivity index (χ1) is 10.3. The summed E-state index contributed by atoms with van der Waals surface area (Å²) in [7, 11) is 0. The molecule has 2 heterocycles. The van der Waals surface area contributed by atoms with E-state index in [0.29, 0.717) is 12.6 Å². The molecule has 0 aliphatic carbocycles. The van der Waals surface area contributed by atoms with Crippen molar-refractivity contribution in [3.05, 3.63) is 34.7 Å². The van der Waals surface area contributed by atoms with E-state index in [1.165, 1.54) is 33.4 Å². The van der Waals surface area contributed by atoms with Crippen LogP contribution in [0.1, 0.15) is 30.2 Å². The summed E-state index contributed by atoms with van der Waals surface area (Å²) in [4.78, 5) is 3.81. The SMILES string of the molecule is CCN(Cc1c(CN)sc2ccccc12)CC1CCCO1. The Morgan fingerprint density at radius 3 is 2.95 bits per heavy atom. The number of nitrogens with zero attached hydrogens (tertiary/aromatic N) is 1. The van der Waals surface area contributed by atoms with Gasteiger partial charge in [-0.3, -0.25) is 4.90 Å². The summed E-state index contributed by atoms with van der Waals surface area (Å²) in [6, 6.07) is 8.64. The van der Waals surface area contributed by atoms with E-state index in [-0.39, 0.29) is 0 Å². The predicted octanol–water partition coefficient (Wildman–Crippen LogP) is 3.36. The Kier molecular flexibility index (Phi) is 4.91. The van der Waals surface area contributed by atoms with Gasteiger partial charge in [0.1, 0.15) is 0 Å². The minimum absolute atomic E-state index is 0.413. The summed E-state index contributed by atoms with van der Waals surface area (Å²) in [6.07, 6.45) is 2.82. The van der Waals surface area contributed by atoms with Gasteiger partial charge in [-0.05, 0) is 36.4 Å². The van der Waals surface area contributed by atoms with E-state index >= 15 is 0 Å². The highest BCUT2D eigenvalue weighted by molar-refractivity contribution is 7.19. The van der Waals surface area contributed by atoms with Gasteiger partial charge in [-0.2, -0.15) is 0 Å². The first-order valence-corrected chi connectivity index (χ1v) is 8.66. The lowest BCUT2D eigenvalue weighted by Gasteiger charge is -2.24. The number of hydrogen-bond acceptors (Lipinski definition) is 4. The lowest BCUT2D eigenvalue weighted by atomic mass is 10.1. The fourth-order valence-corrected chi connectivity index (χ4v) is 4.19. The highest BCUT2D eigenvalue weighted by Gasteiger charge is 2.20. The van der Waals surface area contributed by atoms with Gasteiger partial charge >= 0.3 is 0 Å². The molecule has 1 aromatic heterocycles. The molecule has 1 atom stereocenters. The number of rotatable bonds is 6. The van der Waals surface area contributed by atoms with Crippen molar-refractivity contribution in [2.75, 3.05) is 19.7 Å². The number of thiophene rings is 1. The lowest BCUT2D eigenvalue weighted by molar-refractivity contribution is 0.0726. The van der Waals surface area contributed by atoms with Crippen LogP contribution < -0.4 is 5.73 Å². The van der Waals surface area contributed by atoms with Crippen LogP contribution >= 0.6 is 11.3 Å². The number of hydrogen-bond donors (Lipinski definition) is 1. The van der Waals surface area contributed by atoms with Crippen LogP contribution in [0.2, 0.25) is 0 Å². The quantitative estimate of drug-likeness (QED) is 0.889. The van der Waals surface area contributed by atoms with Crippen LogP contribution in [0.25, 0.3) is 10.1 Å². The topological polar surface area (TPSA) is 38.5 Å². The van der Waals surface area contributed by atoms with Crippen LogP contribution in [0, 0.1) is 0 Å². The molecule has 0 radical (unpaired) electrons. The zero-order valence-electron chi connectivity index (χ0n) is 12.7. The molecule has 0 amide bonds. The van der Waals surface area contributed by atoms with Crippen molar-refractivity contribution in [1.82, 2.24) is 4.90 Å². The molecule has 0 bridgehead atoms. The highest BCUT2D eigenvalue weighted by Crippen LogP contribution is 2.32. The van der Waals surface area contributed by atoms with Crippen molar-refractivity contribution in [2.45, 2.75) is 39.0 Å². The third-order valence-electron chi connectivity index (χ3n) is 4.28. The van der Waals surface area contributed by atoms with Gasteiger partial charge in [-0.25, -0.2) is 0 Å². The largest absolute Gasteiger partial charge is 0.377 e. The van der Waals surface area contributed by atoms with Gasteiger partial charge < -0.3 is 10.5 Å². The number of ether oxygens (including phenoxy) is 1. The molecule has 1 saturated heterocycles. The Hall–Kier alpha value is -0.940. The molecule has 3 nitrogen and oxygen atoms in total. The number of benzene rings is 1. The van der Waals surface area contributed by atoms with Crippen molar-refractivity contribution in [2.24, 2.45) is 5.73 Å². The van der Waals surface area contributed by atoms with Gasteiger partial charge in [-0.15, -0.1) is 11.3 Å². The van der Waals surface area contributed by atoms with E-state index in [4.69, 9.17) is 10.5 Å². The van der Waals surface area contributed by atoms with Gasteiger partial charge in [0, 0.05) is 35.8 Å². The van der Waals surface area contributed by atoms with Crippen LogP contribution in [0.3, 0.4) is 0 Å². The summed E-state index contributed by atoms with van der Waals surface area (Å²) in [6.45, 7) is 6.85. The third kappa shape index (κ3) is 3.29. The molecule has 1 aliphatic heterocycles. The zero-order valence-corrected chi connectivity index (χ0v) is 13.5. The summed E-state index contributed by atoms with van der Waals surface area (Å²) in [5.74, 6) is 0. The fourth-order valence-electron chi connectivity index (χ4n) is 3.09. The maximum atomic E-state index is 5.96. The van der Waals surface area contributed by atoms with Gasteiger partial charge in [0.05, 0.1) is 6.10 Å². The first-order valence-electron chi connectivity index (χ1n) is 7.85. The van der Waals surface area contributed by atoms with E-state index in [2.05, 4.69) is 36.1 Å². The van der Waals surface area contributed by atoms with Crippen molar-refractivity contribution in [3.8, 4) is 0 Å². The molecule has 0 spiro atoms. The van der Waals surface area contributed by atoms with E-state index in [0.717, 1.165) is 26.2 Å². The van der Waals surface area contributed by atoms with Crippen LogP contribution in [0.5, 0.6) is 0 Å². The van der Waals surface area contributed by atoms with E-state index < -0.39 is 0 Å². The van der Waals surface area contributed by atoms with Crippen LogP contribution in [-0.4, -0.2) is 30.7 Å². The highest BCUT2D eigenvalue weighted by atomic mass is 32.1. The number of nitrogens with two attached hydrogens (primary N) is 1. The minimum Gasteiger partial charge on any atom is -0.377 e. The summed E-state index contributed by atoms with van der Waals surface area (Å²) in [5.41, 5.74) is 7.38. The standard InChI is InChI=1S/C17H24N2OS/c1-2-19(11-13-6-5-9-20-13)12-15-14-7-3-4-8-16(14)21-17(15)10-18/h3-4,7-8,13H,2,5-6,9-12,18H2,1H3. The number of likely N-dealkylation sites (N-methyl/N-ethyl adjacent to an activating group) is 1. The Bertz CT molecular complexity index is 589. The zero-order chi connectivity index (χ0) is 14.7. The van der Waals surface area contributed by atoms with Crippen molar-refractivity contribution in [1.29, 1.82) is 0 Å². The minimum atomic E-state index is 0.413. The maximum Gasteiger partial charge on any atom is 0.0702 e. The Balaban J connectivity index is 1.81. The van der Waals surface area contributed by atoms with E-state index in [1.807, 2.05) is 11.3 Å². The average molecular weight is 304 g/mol. The molecular weight excluding hydrogens is 280 g/mol. The summed E-state index contributed by atoms with van der Waals surface area (Å²) < 4.78 is 7.13. The Labute approximate surface area is 130 Å². The Morgan fingerprint density at radius 1 is 1.38 bits per heavy atom. The summed E-state index contributed by atoms with van der Waals surface area (Å²) >= 11 is 1.84. The maximum absolute atomic E-state index is 5.96. The van der Waals surface area contributed by atoms with Crippen LogP contribution in [0.4, 0.5) is 0 Å². The summed E-state index contributed by atoms with van der Waals surface area (Å²) in [5, 5.41) is 1.37. The first kappa shape index (κ1) is 15.0. The van der Waals surface area contributed by atoms with Gasteiger partial charge in [-0.1, -0.05) is 25.1 Å². The molecule has 2 aromatic rings. The monoisotopic (exact) mass is 304 g/mol. The van der Waals surface area contributed by atoms with Gasteiger partial charge in [0.15, 0.2) is 0 Å². The van der Waals surface area contributed by atoms with Crippen LogP contribution in [0.15, 0.2) is 24.3 Å². The second-order valence-electron chi connectivity index (χ2n) is 5.67. The fraction of sp³-hybridized carbons (Fsp3) is 0.529. The molecule has 1 aromatic carbocycles.